The summed E-state index contributed by atoms with van der Waals surface area (Å²) < 4.78 is 11.6. The molecule has 3 aromatic rings. The Balaban J connectivity index is 1.55. The summed E-state index contributed by atoms with van der Waals surface area (Å²) in [6.45, 7) is 5.18. The van der Waals surface area contributed by atoms with E-state index in [2.05, 4.69) is 53.6 Å². The van der Waals surface area contributed by atoms with E-state index in [0.29, 0.717) is 12.5 Å². The Morgan fingerprint density at radius 3 is 2.65 bits per heavy atom. The van der Waals surface area contributed by atoms with Gasteiger partial charge in [-0.05, 0) is 42.3 Å². The third-order valence-corrected chi connectivity index (χ3v) is 4.15. The lowest BCUT2D eigenvalue weighted by molar-refractivity contribution is 0.296. The molecule has 1 N–H and O–H groups in total. The Morgan fingerprint density at radius 2 is 1.81 bits per heavy atom. The standard InChI is InChI=1S/C22H26N2O2/c1-2-15-25-21-12-11-18-8-3-4-9-19(18)20(21)17-23-13-7-16-26-22-10-5-6-14-24-22/h3-6,8-12,14,23H,2,7,13,15-17H2,1H3. The summed E-state index contributed by atoms with van der Waals surface area (Å²) in [4.78, 5) is 4.16. The van der Waals surface area contributed by atoms with Crippen molar-refractivity contribution in [2.24, 2.45) is 0 Å². The van der Waals surface area contributed by atoms with Gasteiger partial charge in [0.2, 0.25) is 5.88 Å². The van der Waals surface area contributed by atoms with Crippen LogP contribution in [0.4, 0.5) is 0 Å². The minimum Gasteiger partial charge on any atom is -0.493 e. The van der Waals surface area contributed by atoms with Crippen molar-refractivity contribution in [2.45, 2.75) is 26.3 Å². The smallest absolute Gasteiger partial charge is 0.213 e. The van der Waals surface area contributed by atoms with Gasteiger partial charge in [-0.3, -0.25) is 0 Å². The molecule has 0 atom stereocenters. The first-order valence-corrected chi connectivity index (χ1v) is 9.26. The molecule has 0 radical (unpaired) electrons. The molecule has 2 aromatic carbocycles. The van der Waals surface area contributed by atoms with E-state index in [0.717, 1.165) is 38.3 Å². The van der Waals surface area contributed by atoms with Gasteiger partial charge >= 0.3 is 0 Å². The van der Waals surface area contributed by atoms with Gasteiger partial charge in [-0.25, -0.2) is 4.98 Å². The minimum atomic E-state index is 0.652. The molecule has 0 unspecified atom stereocenters. The molecule has 136 valence electrons. The lowest BCUT2D eigenvalue weighted by Gasteiger charge is -2.15. The highest BCUT2D eigenvalue weighted by Gasteiger charge is 2.08. The largest absolute Gasteiger partial charge is 0.493 e. The van der Waals surface area contributed by atoms with Gasteiger partial charge < -0.3 is 14.8 Å². The van der Waals surface area contributed by atoms with Crippen LogP contribution in [0.15, 0.2) is 60.8 Å². The summed E-state index contributed by atoms with van der Waals surface area (Å²) in [5.41, 5.74) is 1.22. The second kappa shape index (κ2) is 9.78. The van der Waals surface area contributed by atoms with E-state index in [1.807, 2.05) is 18.2 Å². The number of ether oxygens (including phenoxy) is 2. The second-order valence-electron chi connectivity index (χ2n) is 6.16. The van der Waals surface area contributed by atoms with Crippen LogP contribution in [0.2, 0.25) is 0 Å². The highest BCUT2D eigenvalue weighted by atomic mass is 16.5. The summed E-state index contributed by atoms with van der Waals surface area (Å²) in [6, 6.07) is 18.4. The molecule has 0 bridgehead atoms. The van der Waals surface area contributed by atoms with Crippen molar-refractivity contribution in [2.75, 3.05) is 19.8 Å². The van der Waals surface area contributed by atoms with E-state index in [1.165, 1.54) is 16.3 Å². The van der Waals surface area contributed by atoms with Gasteiger partial charge in [0.1, 0.15) is 5.75 Å². The van der Waals surface area contributed by atoms with Gasteiger partial charge in [0.25, 0.3) is 0 Å². The zero-order valence-electron chi connectivity index (χ0n) is 15.3. The molecule has 0 aliphatic carbocycles. The van der Waals surface area contributed by atoms with Crippen LogP contribution < -0.4 is 14.8 Å². The lowest BCUT2D eigenvalue weighted by Crippen LogP contribution is -2.18. The van der Waals surface area contributed by atoms with Crippen LogP contribution in [-0.2, 0) is 6.54 Å². The monoisotopic (exact) mass is 350 g/mol. The van der Waals surface area contributed by atoms with Gasteiger partial charge in [0, 0.05) is 24.4 Å². The Morgan fingerprint density at radius 1 is 0.923 bits per heavy atom. The van der Waals surface area contributed by atoms with Crippen molar-refractivity contribution in [3.63, 3.8) is 0 Å². The number of nitrogens with zero attached hydrogens (tertiary/aromatic N) is 1. The van der Waals surface area contributed by atoms with Gasteiger partial charge in [0.05, 0.1) is 13.2 Å². The molecule has 0 saturated heterocycles. The number of nitrogens with one attached hydrogen (secondary N) is 1. The number of rotatable bonds is 10. The zero-order valence-corrected chi connectivity index (χ0v) is 15.3. The summed E-state index contributed by atoms with van der Waals surface area (Å²) >= 11 is 0. The third kappa shape index (κ3) is 4.96. The Kier molecular flexibility index (Phi) is 6.85. The van der Waals surface area contributed by atoms with Crippen LogP contribution >= 0.6 is 0 Å². The van der Waals surface area contributed by atoms with Crippen LogP contribution in [0, 0.1) is 0 Å². The van der Waals surface area contributed by atoms with E-state index in [1.54, 1.807) is 6.20 Å². The van der Waals surface area contributed by atoms with E-state index >= 15 is 0 Å². The highest BCUT2D eigenvalue weighted by Crippen LogP contribution is 2.28. The predicted octanol–water partition coefficient (Wildman–Crippen LogP) is 4.58. The summed E-state index contributed by atoms with van der Waals surface area (Å²) in [5, 5.41) is 6.01. The second-order valence-corrected chi connectivity index (χ2v) is 6.16. The van der Waals surface area contributed by atoms with Crippen LogP contribution in [0.1, 0.15) is 25.3 Å². The number of aromatic nitrogens is 1. The van der Waals surface area contributed by atoms with Crippen molar-refractivity contribution < 1.29 is 9.47 Å². The Bertz CT molecular complexity index is 806. The molecule has 0 spiro atoms. The Labute approximate surface area is 155 Å². The van der Waals surface area contributed by atoms with Crippen molar-refractivity contribution in [3.8, 4) is 11.6 Å². The maximum atomic E-state index is 5.96. The molecule has 0 saturated carbocycles. The fraction of sp³-hybridized carbons (Fsp3) is 0.318. The van der Waals surface area contributed by atoms with Crippen LogP contribution in [0.5, 0.6) is 11.6 Å². The van der Waals surface area contributed by atoms with Gasteiger partial charge in [-0.15, -0.1) is 0 Å². The van der Waals surface area contributed by atoms with Crippen LogP contribution in [0.3, 0.4) is 0 Å². The highest BCUT2D eigenvalue weighted by molar-refractivity contribution is 5.87. The molecule has 0 fully saturated rings. The molecule has 3 rings (SSSR count). The maximum Gasteiger partial charge on any atom is 0.213 e. The normalized spacial score (nSPS) is 10.8. The van der Waals surface area contributed by atoms with Gasteiger partial charge in [-0.2, -0.15) is 0 Å². The number of fused-ring (bicyclic) bond motifs is 1. The first kappa shape index (κ1) is 18.2. The molecule has 4 nitrogen and oxygen atoms in total. The third-order valence-electron chi connectivity index (χ3n) is 4.15. The van der Waals surface area contributed by atoms with E-state index in [-0.39, 0.29) is 0 Å². The number of benzene rings is 2. The van der Waals surface area contributed by atoms with Gasteiger partial charge in [-0.1, -0.05) is 43.3 Å². The zero-order chi connectivity index (χ0) is 18.0. The molecule has 4 heteroatoms. The molecule has 0 aliphatic rings. The first-order valence-electron chi connectivity index (χ1n) is 9.26. The summed E-state index contributed by atoms with van der Waals surface area (Å²) in [7, 11) is 0. The Hall–Kier alpha value is -2.59. The summed E-state index contributed by atoms with van der Waals surface area (Å²) in [5.74, 6) is 1.65. The van der Waals surface area contributed by atoms with E-state index in [4.69, 9.17) is 9.47 Å². The van der Waals surface area contributed by atoms with Crippen molar-refractivity contribution in [3.05, 3.63) is 66.4 Å². The quantitative estimate of drug-likeness (QED) is 0.544. The van der Waals surface area contributed by atoms with Crippen LogP contribution in [-0.4, -0.2) is 24.7 Å². The number of hydrogen-bond acceptors (Lipinski definition) is 4. The molecule has 0 aliphatic heterocycles. The SMILES string of the molecule is CCCOc1ccc2ccccc2c1CNCCCOc1ccccn1. The van der Waals surface area contributed by atoms with Gasteiger partial charge in [0.15, 0.2) is 0 Å². The van der Waals surface area contributed by atoms with Crippen molar-refractivity contribution in [1.29, 1.82) is 0 Å². The molecule has 0 amide bonds. The predicted molar refractivity (Wildman–Crippen MR) is 106 cm³/mol. The maximum absolute atomic E-state index is 5.96. The molecule has 1 heterocycles. The number of pyridine rings is 1. The molecule has 26 heavy (non-hydrogen) atoms. The molecule has 1 aromatic heterocycles. The average molecular weight is 350 g/mol. The minimum absolute atomic E-state index is 0.652. The first-order chi connectivity index (χ1) is 12.9. The average Bonchev–Trinajstić information content (AvgIpc) is 2.70. The van der Waals surface area contributed by atoms with Crippen molar-refractivity contribution >= 4 is 10.8 Å². The lowest BCUT2D eigenvalue weighted by atomic mass is 10.0. The summed E-state index contributed by atoms with van der Waals surface area (Å²) in [6.07, 6.45) is 3.67. The number of hydrogen-bond donors (Lipinski definition) is 1. The fourth-order valence-corrected chi connectivity index (χ4v) is 2.87. The van der Waals surface area contributed by atoms with E-state index < -0.39 is 0 Å². The van der Waals surface area contributed by atoms with Crippen molar-refractivity contribution in [1.82, 2.24) is 10.3 Å². The molecular weight excluding hydrogens is 324 g/mol. The van der Waals surface area contributed by atoms with E-state index in [9.17, 15) is 0 Å². The topological polar surface area (TPSA) is 43.4 Å². The van der Waals surface area contributed by atoms with Crippen LogP contribution in [0.25, 0.3) is 10.8 Å². The fourth-order valence-electron chi connectivity index (χ4n) is 2.87. The molecular formula is C22H26N2O2.